The number of amides is 1. The minimum Gasteiger partial charge on any atom is -0.355 e. The van der Waals surface area contributed by atoms with E-state index in [4.69, 9.17) is 0 Å². The molecule has 0 spiro atoms. The highest BCUT2D eigenvalue weighted by molar-refractivity contribution is 7.11. The third kappa shape index (κ3) is 3.86. The van der Waals surface area contributed by atoms with E-state index < -0.39 is 0 Å². The van der Waals surface area contributed by atoms with E-state index in [0.29, 0.717) is 13.1 Å². The van der Waals surface area contributed by atoms with E-state index in [1.807, 2.05) is 13.8 Å². The van der Waals surface area contributed by atoms with Crippen molar-refractivity contribution in [2.24, 2.45) is 5.92 Å². The summed E-state index contributed by atoms with van der Waals surface area (Å²) in [7, 11) is 0. The summed E-state index contributed by atoms with van der Waals surface area (Å²) in [5, 5.41) is 8.01. The van der Waals surface area contributed by atoms with E-state index in [2.05, 4.69) is 27.3 Å². The van der Waals surface area contributed by atoms with Gasteiger partial charge < -0.3 is 5.32 Å². The van der Waals surface area contributed by atoms with E-state index >= 15 is 0 Å². The topological polar surface area (TPSA) is 72.7 Å². The fourth-order valence-corrected chi connectivity index (χ4v) is 2.74. The van der Waals surface area contributed by atoms with Crippen LogP contribution in [0.25, 0.3) is 0 Å². The normalized spacial score (nSPS) is 12.3. The molecule has 0 saturated heterocycles. The van der Waals surface area contributed by atoms with Gasteiger partial charge in [-0.15, -0.1) is 11.3 Å². The van der Waals surface area contributed by atoms with Gasteiger partial charge in [-0.05, 0) is 13.8 Å². The van der Waals surface area contributed by atoms with Crippen LogP contribution in [0.5, 0.6) is 0 Å². The van der Waals surface area contributed by atoms with Gasteiger partial charge in [0.05, 0.1) is 23.2 Å². The predicted molar refractivity (Wildman–Crippen MR) is 77.5 cm³/mol. The molecule has 0 aliphatic carbocycles. The molecular formula is C13H19N5OS. The molecule has 2 aromatic rings. The van der Waals surface area contributed by atoms with Crippen LogP contribution in [0.1, 0.15) is 22.5 Å². The maximum Gasteiger partial charge on any atom is 0.224 e. The van der Waals surface area contributed by atoms with Crippen LogP contribution in [0.2, 0.25) is 0 Å². The summed E-state index contributed by atoms with van der Waals surface area (Å²) in [6.45, 7) is 7.12. The van der Waals surface area contributed by atoms with Crippen LogP contribution >= 0.6 is 11.3 Å². The van der Waals surface area contributed by atoms with Gasteiger partial charge in [-0.2, -0.15) is 5.10 Å². The molecule has 0 aliphatic rings. The molecule has 20 heavy (non-hydrogen) atoms. The predicted octanol–water partition coefficient (Wildman–Crippen LogP) is 1.35. The average Bonchev–Trinajstić information content (AvgIpc) is 3.00. The highest BCUT2D eigenvalue weighted by Crippen LogP contribution is 2.16. The molecule has 2 aromatic heterocycles. The van der Waals surface area contributed by atoms with Gasteiger partial charge in [0.15, 0.2) is 0 Å². The lowest BCUT2D eigenvalue weighted by Gasteiger charge is -2.11. The fraction of sp³-hybridized carbons (Fsp3) is 0.538. The van der Waals surface area contributed by atoms with Crippen LogP contribution in [0.4, 0.5) is 0 Å². The summed E-state index contributed by atoms with van der Waals surface area (Å²) < 4.78 is 1.66. The standard InChI is InChI=1S/C13H19N5OS/c1-9(6-18-8-14-7-16-18)13(19)15-5-4-12-17-10(2)11(3)20-12/h7-9H,4-6H2,1-3H3,(H,15,19)/t9-/m1/s1. The van der Waals surface area contributed by atoms with E-state index in [-0.39, 0.29) is 11.8 Å². The first-order chi connectivity index (χ1) is 9.56. The zero-order chi connectivity index (χ0) is 14.5. The van der Waals surface area contributed by atoms with E-state index in [9.17, 15) is 4.79 Å². The molecule has 2 heterocycles. The first-order valence-corrected chi connectivity index (χ1v) is 7.41. The second-order valence-electron chi connectivity index (χ2n) is 4.81. The van der Waals surface area contributed by atoms with Crippen molar-refractivity contribution in [2.45, 2.75) is 33.7 Å². The molecule has 1 amide bonds. The van der Waals surface area contributed by atoms with Crippen molar-refractivity contribution >= 4 is 17.2 Å². The summed E-state index contributed by atoms with van der Waals surface area (Å²) in [5.74, 6) is -0.0954. The van der Waals surface area contributed by atoms with Crippen molar-refractivity contribution in [3.63, 3.8) is 0 Å². The van der Waals surface area contributed by atoms with Crippen molar-refractivity contribution < 1.29 is 4.79 Å². The van der Waals surface area contributed by atoms with Gasteiger partial charge in [0.2, 0.25) is 5.91 Å². The van der Waals surface area contributed by atoms with E-state index in [1.54, 1.807) is 22.3 Å². The SMILES string of the molecule is Cc1nc(CCNC(=O)[C@H](C)Cn2cncn2)sc1C. The fourth-order valence-electron chi connectivity index (χ4n) is 1.80. The molecule has 0 unspecified atom stereocenters. The third-order valence-electron chi connectivity index (χ3n) is 3.09. The molecule has 2 rings (SSSR count). The van der Waals surface area contributed by atoms with Crippen molar-refractivity contribution in [2.75, 3.05) is 6.54 Å². The molecule has 1 N–H and O–H groups in total. The van der Waals surface area contributed by atoms with Gasteiger partial charge in [0.1, 0.15) is 12.7 Å². The first-order valence-electron chi connectivity index (χ1n) is 6.59. The second-order valence-corrected chi connectivity index (χ2v) is 6.10. The molecule has 108 valence electrons. The minimum absolute atomic E-state index is 0.0329. The van der Waals surface area contributed by atoms with Gasteiger partial charge in [-0.3, -0.25) is 9.48 Å². The molecule has 0 bridgehead atoms. The number of carbonyl (C=O) groups is 1. The monoisotopic (exact) mass is 293 g/mol. The molecule has 0 radical (unpaired) electrons. The number of carbonyl (C=O) groups excluding carboxylic acids is 1. The number of hydrogen-bond donors (Lipinski definition) is 1. The van der Waals surface area contributed by atoms with Crippen LogP contribution in [0.15, 0.2) is 12.7 Å². The Hall–Kier alpha value is -1.76. The second kappa shape index (κ2) is 6.60. The van der Waals surface area contributed by atoms with E-state index in [1.165, 1.54) is 11.2 Å². The number of rotatable bonds is 6. The maximum atomic E-state index is 11.9. The Kier molecular flexibility index (Phi) is 4.84. The Morgan fingerprint density at radius 3 is 2.90 bits per heavy atom. The molecule has 7 heteroatoms. The summed E-state index contributed by atoms with van der Waals surface area (Å²) in [5.41, 5.74) is 1.08. The highest BCUT2D eigenvalue weighted by atomic mass is 32.1. The number of aromatic nitrogens is 4. The third-order valence-corrected chi connectivity index (χ3v) is 4.22. The Balaban J connectivity index is 1.74. The molecule has 0 saturated carbocycles. The molecular weight excluding hydrogens is 274 g/mol. The van der Waals surface area contributed by atoms with Crippen LogP contribution in [-0.2, 0) is 17.8 Å². The molecule has 0 aromatic carbocycles. The Morgan fingerprint density at radius 1 is 1.50 bits per heavy atom. The number of hydrogen-bond acceptors (Lipinski definition) is 5. The molecule has 6 nitrogen and oxygen atoms in total. The zero-order valence-corrected chi connectivity index (χ0v) is 12.8. The summed E-state index contributed by atoms with van der Waals surface area (Å²) in [4.78, 5) is 21.5. The summed E-state index contributed by atoms with van der Waals surface area (Å²) in [6.07, 6.45) is 3.86. The van der Waals surface area contributed by atoms with Gasteiger partial charge >= 0.3 is 0 Å². The number of thiazole rings is 1. The number of aryl methyl sites for hydroxylation is 2. The first kappa shape index (κ1) is 14.6. The van der Waals surface area contributed by atoms with Gasteiger partial charge in [0.25, 0.3) is 0 Å². The van der Waals surface area contributed by atoms with Gasteiger partial charge in [0, 0.05) is 17.8 Å². The highest BCUT2D eigenvalue weighted by Gasteiger charge is 2.13. The Morgan fingerprint density at radius 2 is 2.30 bits per heavy atom. The van der Waals surface area contributed by atoms with Crippen LogP contribution < -0.4 is 5.32 Å². The van der Waals surface area contributed by atoms with Gasteiger partial charge in [-0.25, -0.2) is 9.97 Å². The van der Waals surface area contributed by atoms with Gasteiger partial charge in [-0.1, -0.05) is 6.92 Å². The largest absolute Gasteiger partial charge is 0.355 e. The molecule has 0 aliphatic heterocycles. The van der Waals surface area contributed by atoms with Crippen molar-refractivity contribution in [1.29, 1.82) is 0 Å². The lowest BCUT2D eigenvalue weighted by atomic mass is 10.1. The van der Waals surface area contributed by atoms with Crippen LogP contribution in [0.3, 0.4) is 0 Å². The maximum absolute atomic E-state index is 11.9. The van der Waals surface area contributed by atoms with Crippen molar-refractivity contribution in [3.05, 3.63) is 28.2 Å². The van der Waals surface area contributed by atoms with Crippen molar-refractivity contribution in [1.82, 2.24) is 25.1 Å². The number of nitrogens with zero attached hydrogens (tertiary/aromatic N) is 4. The summed E-state index contributed by atoms with van der Waals surface area (Å²) in [6, 6.07) is 0. The van der Waals surface area contributed by atoms with Crippen LogP contribution in [-0.4, -0.2) is 32.2 Å². The minimum atomic E-state index is -0.128. The Labute approximate surface area is 122 Å². The smallest absolute Gasteiger partial charge is 0.224 e. The summed E-state index contributed by atoms with van der Waals surface area (Å²) >= 11 is 1.69. The van der Waals surface area contributed by atoms with E-state index in [0.717, 1.165) is 17.1 Å². The lowest BCUT2D eigenvalue weighted by Crippen LogP contribution is -2.33. The lowest BCUT2D eigenvalue weighted by molar-refractivity contribution is -0.124. The average molecular weight is 293 g/mol. The Bertz CT molecular complexity index is 544. The molecule has 0 fully saturated rings. The zero-order valence-electron chi connectivity index (χ0n) is 12.0. The molecule has 1 atom stereocenters. The quantitative estimate of drug-likeness (QED) is 0.872. The number of nitrogens with one attached hydrogen (secondary N) is 1. The van der Waals surface area contributed by atoms with Crippen molar-refractivity contribution in [3.8, 4) is 0 Å². The van der Waals surface area contributed by atoms with Crippen LogP contribution in [0, 0.1) is 19.8 Å².